The van der Waals surface area contributed by atoms with Gasteiger partial charge in [0.15, 0.2) is 9.84 Å². The Balaban J connectivity index is 1.30. The third kappa shape index (κ3) is 6.87. The fourth-order valence-electron chi connectivity index (χ4n) is 6.44. The molecule has 0 amide bonds. The lowest BCUT2D eigenvalue weighted by atomic mass is 9.77. The van der Waals surface area contributed by atoms with Crippen molar-refractivity contribution >= 4 is 32.1 Å². The fourth-order valence-corrected chi connectivity index (χ4v) is 7.08. The van der Waals surface area contributed by atoms with Crippen LogP contribution in [-0.2, 0) is 21.1 Å². The zero-order valence-electron chi connectivity index (χ0n) is 25.6. The van der Waals surface area contributed by atoms with Gasteiger partial charge in [-0.3, -0.25) is 4.90 Å². The second-order valence-electron chi connectivity index (χ2n) is 11.5. The van der Waals surface area contributed by atoms with Crippen molar-refractivity contribution in [3.05, 3.63) is 60.8 Å². The van der Waals surface area contributed by atoms with Crippen LogP contribution in [0.5, 0.6) is 5.75 Å². The van der Waals surface area contributed by atoms with E-state index < -0.39 is 9.84 Å². The topological polar surface area (TPSA) is 84.8 Å². The summed E-state index contributed by atoms with van der Waals surface area (Å²) in [5, 5.41) is 8.34. The Morgan fingerprint density at radius 3 is 2.58 bits per heavy atom. The third-order valence-electron chi connectivity index (χ3n) is 8.81. The van der Waals surface area contributed by atoms with Gasteiger partial charge >= 0.3 is 0 Å². The molecule has 3 aromatic rings. The van der Waals surface area contributed by atoms with Crippen LogP contribution in [0.25, 0.3) is 10.9 Å². The van der Waals surface area contributed by atoms with Gasteiger partial charge in [0.2, 0.25) is 0 Å². The summed E-state index contributed by atoms with van der Waals surface area (Å²) in [5.74, 6) is 7.10. The molecule has 1 saturated heterocycles. The van der Waals surface area contributed by atoms with Gasteiger partial charge in [0.05, 0.1) is 48.7 Å². The lowest BCUT2D eigenvalue weighted by Gasteiger charge is -2.48. The first kappa shape index (κ1) is 31.0. The van der Waals surface area contributed by atoms with Gasteiger partial charge in [-0.2, -0.15) is 0 Å². The Kier molecular flexibility index (Phi) is 9.70. The number of anilines is 2. The molecule has 2 heterocycles. The van der Waals surface area contributed by atoms with Crippen LogP contribution in [0, 0.1) is 11.8 Å². The summed E-state index contributed by atoms with van der Waals surface area (Å²) >= 11 is 0. The minimum absolute atomic E-state index is 0.0784. The van der Waals surface area contributed by atoms with Crippen molar-refractivity contribution in [3.8, 4) is 17.6 Å². The number of sulfone groups is 1. The molecule has 1 aliphatic heterocycles. The number of hydrogen-bond donors (Lipinski definition) is 2. The van der Waals surface area contributed by atoms with Gasteiger partial charge < -0.3 is 24.7 Å². The minimum atomic E-state index is -3.31. The van der Waals surface area contributed by atoms with E-state index in [9.17, 15) is 8.42 Å². The van der Waals surface area contributed by atoms with Crippen LogP contribution in [0.4, 0.5) is 11.4 Å². The van der Waals surface area contributed by atoms with Crippen molar-refractivity contribution < 1.29 is 17.9 Å². The van der Waals surface area contributed by atoms with Crippen LogP contribution in [0.2, 0.25) is 0 Å². The molecule has 2 fully saturated rings. The number of methoxy groups -OCH3 is 1. The minimum Gasteiger partial charge on any atom is -0.495 e. The molecule has 2 aliphatic rings. The van der Waals surface area contributed by atoms with Gasteiger partial charge in [0.1, 0.15) is 5.75 Å². The number of aryl methyl sites for hydroxylation is 1. The Labute approximate surface area is 256 Å². The van der Waals surface area contributed by atoms with Gasteiger partial charge in [0, 0.05) is 54.6 Å². The van der Waals surface area contributed by atoms with Crippen molar-refractivity contribution in [2.24, 2.45) is 0 Å². The normalized spacial score (nSPS) is 21.1. The number of morpholine rings is 1. The Hall–Kier alpha value is -3.45. The van der Waals surface area contributed by atoms with Crippen molar-refractivity contribution in [2.45, 2.75) is 62.0 Å². The molecule has 1 aliphatic carbocycles. The molecule has 5 rings (SSSR count). The van der Waals surface area contributed by atoms with Crippen LogP contribution in [0.1, 0.15) is 44.7 Å². The zero-order chi connectivity index (χ0) is 30.5. The number of hydrogen-bond acceptors (Lipinski definition) is 7. The molecule has 0 unspecified atom stereocenters. The van der Waals surface area contributed by atoms with E-state index in [1.54, 1.807) is 12.1 Å². The standard InChI is InChI=1S/C34H44N4O4S/c1-5-19-38-27(9-8-18-35-31-13-12-28(43(4,39)40)25-33(31)41-3)24-29-30(10-7-11-32(29)38)36-26-14-16-34(6-2,17-15-26)37-20-22-42-23-21-37/h6-7,10-13,24-26,35-36H,2,5,14-23H2,1,3-4H3/t26-,34+. The van der Waals surface area contributed by atoms with E-state index in [2.05, 4.69) is 75.8 Å². The maximum Gasteiger partial charge on any atom is 0.175 e. The second-order valence-corrected chi connectivity index (χ2v) is 13.6. The number of fused-ring (bicyclic) bond motifs is 1. The summed E-state index contributed by atoms with van der Waals surface area (Å²) in [5.41, 5.74) is 4.10. The smallest absolute Gasteiger partial charge is 0.175 e. The van der Waals surface area contributed by atoms with Crippen molar-refractivity contribution in [3.63, 3.8) is 0 Å². The van der Waals surface area contributed by atoms with Gasteiger partial charge in [-0.05, 0) is 68.4 Å². The Bertz CT molecular complexity index is 1600. The highest BCUT2D eigenvalue weighted by Crippen LogP contribution is 2.37. The SMILES string of the molecule is C=C[C@]1(N2CCOCC2)CC[C@@H](Nc2cccc3c2cc(C#CCNc2ccc(S(C)(=O)=O)cc2OC)n3CCC)CC1. The maximum atomic E-state index is 11.9. The number of nitrogens with one attached hydrogen (secondary N) is 2. The Morgan fingerprint density at radius 2 is 1.91 bits per heavy atom. The van der Waals surface area contributed by atoms with Crippen LogP contribution in [-0.4, -0.2) is 75.7 Å². The molecule has 0 bridgehead atoms. The molecule has 0 spiro atoms. The van der Waals surface area contributed by atoms with E-state index in [4.69, 9.17) is 9.47 Å². The van der Waals surface area contributed by atoms with Crippen LogP contribution in [0.3, 0.4) is 0 Å². The molecule has 1 aromatic heterocycles. The van der Waals surface area contributed by atoms with Crippen molar-refractivity contribution in [1.29, 1.82) is 0 Å². The third-order valence-corrected chi connectivity index (χ3v) is 9.92. The van der Waals surface area contributed by atoms with E-state index in [-0.39, 0.29) is 10.4 Å². The molecule has 8 nitrogen and oxygen atoms in total. The molecule has 230 valence electrons. The molecule has 1 saturated carbocycles. The molecule has 9 heteroatoms. The van der Waals surface area contributed by atoms with Crippen LogP contribution < -0.4 is 15.4 Å². The number of benzene rings is 2. The summed E-state index contributed by atoms with van der Waals surface area (Å²) < 4.78 is 37.1. The quantitative estimate of drug-likeness (QED) is 0.232. The van der Waals surface area contributed by atoms with E-state index in [0.29, 0.717) is 24.0 Å². The summed E-state index contributed by atoms with van der Waals surface area (Å²) in [6.07, 6.45) is 8.78. The lowest BCUT2D eigenvalue weighted by Crippen LogP contribution is -2.54. The van der Waals surface area contributed by atoms with E-state index in [1.165, 1.54) is 30.3 Å². The molecule has 0 radical (unpaired) electrons. The fraction of sp³-hybridized carbons (Fsp3) is 0.471. The highest BCUT2D eigenvalue weighted by Gasteiger charge is 2.38. The predicted molar refractivity (Wildman–Crippen MR) is 175 cm³/mol. The van der Waals surface area contributed by atoms with E-state index >= 15 is 0 Å². The highest BCUT2D eigenvalue weighted by atomic mass is 32.2. The first-order chi connectivity index (χ1) is 20.8. The number of ether oxygens (including phenoxy) is 2. The first-order valence-corrected chi connectivity index (χ1v) is 17.1. The number of nitrogens with zero attached hydrogens (tertiary/aromatic N) is 2. The Morgan fingerprint density at radius 1 is 1.14 bits per heavy atom. The largest absolute Gasteiger partial charge is 0.495 e. The summed E-state index contributed by atoms with van der Waals surface area (Å²) in [6, 6.07) is 13.9. The zero-order valence-corrected chi connectivity index (χ0v) is 26.4. The van der Waals surface area contributed by atoms with Crippen LogP contribution in [0.15, 0.2) is 60.0 Å². The van der Waals surface area contributed by atoms with E-state index in [1.807, 2.05) is 0 Å². The van der Waals surface area contributed by atoms with E-state index in [0.717, 1.165) is 76.3 Å². The molecular weight excluding hydrogens is 560 g/mol. The maximum absolute atomic E-state index is 11.9. The van der Waals surface area contributed by atoms with Crippen molar-refractivity contribution in [1.82, 2.24) is 9.47 Å². The molecular formula is C34H44N4O4S. The van der Waals surface area contributed by atoms with Crippen LogP contribution >= 0.6 is 0 Å². The lowest BCUT2D eigenvalue weighted by molar-refractivity contribution is -0.0185. The van der Waals surface area contributed by atoms with Gasteiger partial charge in [0.25, 0.3) is 0 Å². The monoisotopic (exact) mass is 604 g/mol. The highest BCUT2D eigenvalue weighted by molar-refractivity contribution is 7.90. The summed E-state index contributed by atoms with van der Waals surface area (Å²) in [7, 11) is -1.79. The molecule has 2 N–H and O–H groups in total. The number of aromatic nitrogens is 1. The average molecular weight is 605 g/mol. The van der Waals surface area contributed by atoms with Gasteiger partial charge in [-0.25, -0.2) is 8.42 Å². The molecule has 2 aromatic carbocycles. The second kappa shape index (κ2) is 13.5. The number of rotatable bonds is 10. The predicted octanol–water partition coefficient (Wildman–Crippen LogP) is 5.54. The van der Waals surface area contributed by atoms with Crippen molar-refractivity contribution in [2.75, 3.05) is 56.8 Å². The van der Waals surface area contributed by atoms with Gasteiger partial charge in [-0.15, -0.1) is 6.58 Å². The summed E-state index contributed by atoms with van der Waals surface area (Å²) in [4.78, 5) is 2.80. The molecule has 0 atom stereocenters. The first-order valence-electron chi connectivity index (χ1n) is 15.2. The molecule has 43 heavy (non-hydrogen) atoms. The summed E-state index contributed by atoms with van der Waals surface area (Å²) in [6.45, 7) is 11.3. The van der Waals surface area contributed by atoms with Gasteiger partial charge in [-0.1, -0.05) is 25.0 Å². The average Bonchev–Trinajstić information content (AvgIpc) is 3.38.